The number of cyclic esters (lactones) is 1. The van der Waals surface area contributed by atoms with Crippen LogP contribution in [0.25, 0.3) is 0 Å². The second-order valence-electron chi connectivity index (χ2n) is 12.7. The van der Waals surface area contributed by atoms with Gasteiger partial charge in [0.1, 0.15) is 12.2 Å². The monoisotopic (exact) mass is 735 g/mol. The molecule has 0 N–H and O–H groups in total. The van der Waals surface area contributed by atoms with Crippen molar-refractivity contribution in [2.24, 2.45) is 23.7 Å². The molecule has 9 heteroatoms. The van der Waals surface area contributed by atoms with E-state index in [1.165, 1.54) is 12.8 Å². The molecule has 0 aromatic rings. The number of Topliss-reactive ketones (excluding diaryl/α,β-unsaturated/α-hetero) is 3. The van der Waals surface area contributed by atoms with Gasteiger partial charge in [0.15, 0.2) is 17.3 Å². The lowest BCUT2D eigenvalue weighted by Gasteiger charge is -2.12. The second kappa shape index (κ2) is 31.2. The Morgan fingerprint density at radius 2 is 1.12 bits per heavy atom. The Kier molecular flexibility index (Phi) is 31.8. The zero-order chi connectivity index (χ0) is 41.0. The van der Waals surface area contributed by atoms with Crippen molar-refractivity contribution in [3.8, 4) is 0 Å². The summed E-state index contributed by atoms with van der Waals surface area (Å²) in [6.07, 6.45) is 11.8. The minimum Gasteiger partial charge on any atom is -0.466 e. The second-order valence-corrected chi connectivity index (χ2v) is 12.7. The van der Waals surface area contributed by atoms with E-state index in [2.05, 4.69) is 24.5 Å². The van der Waals surface area contributed by atoms with Crippen molar-refractivity contribution in [1.82, 2.24) is 0 Å². The van der Waals surface area contributed by atoms with Crippen LogP contribution in [-0.4, -0.2) is 54.1 Å². The molecule has 6 aliphatic rings. The van der Waals surface area contributed by atoms with Crippen molar-refractivity contribution < 1.29 is 43.0 Å². The third kappa shape index (κ3) is 21.2. The first-order chi connectivity index (χ1) is 24.6. The van der Waals surface area contributed by atoms with E-state index in [0.29, 0.717) is 66.9 Å². The fraction of sp³-hybridized carbons (Fsp3) is 0.721. The Morgan fingerprint density at radius 1 is 0.635 bits per heavy atom. The van der Waals surface area contributed by atoms with Gasteiger partial charge in [0, 0.05) is 31.6 Å². The lowest BCUT2D eigenvalue weighted by atomic mass is 9.90. The van der Waals surface area contributed by atoms with Crippen LogP contribution in [0.2, 0.25) is 0 Å². The Morgan fingerprint density at radius 3 is 1.37 bits per heavy atom. The van der Waals surface area contributed by atoms with Gasteiger partial charge in [-0.2, -0.15) is 0 Å². The molecule has 52 heavy (non-hydrogen) atoms. The van der Waals surface area contributed by atoms with Crippen LogP contribution in [0.1, 0.15) is 160 Å². The van der Waals surface area contributed by atoms with Crippen molar-refractivity contribution in [3.05, 3.63) is 36.5 Å². The number of rotatable bonds is 6. The fourth-order valence-electron chi connectivity index (χ4n) is 6.04. The summed E-state index contributed by atoms with van der Waals surface area (Å²) in [5, 5.41) is 0. The minimum atomic E-state index is -0.0463. The van der Waals surface area contributed by atoms with Gasteiger partial charge in [-0.1, -0.05) is 82.1 Å². The van der Waals surface area contributed by atoms with Gasteiger partial charge < -0.3 is 14.2 Å². The van der Waals surface area contributed by atoms with Crippen LogP contribution in [0, 0.1) is 23.7 Å². The van der Waals surface area contributed by atoms with Gasteiger partial charge in [0.2, 0.25) is 0 Å². The summed E-state index contributed by atoms with van der Waals surface area (Å²) in [6.45, 7) is 33.7. The molecule has 6 unspecified atom stereocenters. The van der Waals surface area contributed by atoms with Gasteiger partial charge in [-0.15, -0.1) is 0 Å². The number of hydrogen-bond acceptors (Lipinski definition) is 9. The first-order valence-corrected chi connectivity index (χ1v) is 19.8. The highest BCUT2D eigenvalue weighted by Gasteiger charge is 2.56. The molecule has 3 saturated carbocycles. The zero-order valence-corrected chi connectivity index (χ0v) is 35.0. The smallest absolute Gasteiger partial charge is 0.309 e. The maximum Gasteiger partial charge on any atom is 0.309 e. The zero-order valence-electron chi connectivity index (χ0n) is 35.0. The lowest BCUT2D eigenvalue weighted by molar-refractivity contribution is -0.144. The summed E-state index contributed by atoms with van der Waals surface area (Å²) in [4.78, 5) is 63.2. The molecule has 4 bridgehead atoms. The molecule has 0 aromatic carbocycles. The highest BCUT2D eigenvalue weighted by molar-refractivity contribution is 5.94. The third-order valence-corrected chi connectivity index (χ3v) is 8.74. The van der Waals surface area contributed by atoms with E-state index in [1.807, 2.05) is 62.3 Å². The molecule has 0 amide bonds. The number of esters is 3. The number of fused-ring (bicyclic) bond motifs is 3. The van der Waals surface area contributed by atoms with Crippen LogP contribution in [0.4, 0.5) is 0 Å². The molecule has 0 radical (unpaired) electrons. The number of ether oxygens (including phenoxy) is 3. The molecular weight excluding hydrogens is 660 g/mol. The average Bonchev–Trinajstić information content (AvgIpc) is 3.98. The van der Waals surface area contributed by atoms with Crippen LogP contribution < -0.4 is 0 Å². The molecule has 6 atom stereocenters. The maximum atomic E-state index is 11.1. The molecule has 3 aliphatic carbocycles. The van der Waals surface area contributed by atoms with Crippen LogP contribution in [0.15, 0.2) is 36.5 Å². The van der Waals surface area contributed by atoms with E-state index in [0.717, 1.165) is 44.4 Å². The van der Waals surface area contributed by atoms with Crippen molar-refractivity contribution in [2.45, 2.75) is 172 Å². The molecule has 6 rings (SSSR count). The molecule has 3 saturated heterocycles. The quantitative estimate of drug-likeness (QED) is 0.149. The van der Waals surface area contributed by atoms with E-state index in [4.69, 9.17) is 9.47 Å². The first-order valence-electron chi connectivity index (χ1n) is 19.8. The van der Waals surface area contributed by atoms with Gasteiger partial charge >= 0.3 is 17.9 Å². The molecule has 3 heterocycles. The lowest BCUT2D eigenvalue weighted by Crippen LogP contribution is -2.15. The van der Waals surface area contributed by atoms with Gasteiger partial charge in [-0.3, -0.25) is 28.8 Å². The first kappa shape index (κ1) is 53.0. The van der Waals surface area contributed by atoms with E-state index in [-0.39, 0.29) is 47.3 Å². The predicted octanol–water partition coefficient (Wildman–Crippen LogP) is 10.1. The Balaban J connectivity index is -0.000000543. The summed E-state index contributed by atoms with van der Waals surface area (Å²) >= 11 is 0. The molecule has 0 aromatic heterocycles. The van der Waals surface area contributed by atoms with Gasteiger partial charge in [-0.05, 0) is 94.8 Å². The predicted molar refractivity (Wildman–Crippen MR) is 211 cm³/mol. The fourth-order valence-corrected chi connectivity index (χ4v) is 6.04. The van der Waals surface area contributed by atoms with Crippen LogP contribution in [0.3, 0.4) is 0 Å². The number of ketones is 3. The average molecular weight is 735 g/mol. The SMILES string of the molecule is C=C(C)C(=O)CC.C=C(C)C(=O)CC.C=C(C)C(=O)CC.CC.CC.CC.O=C1CCCO1.O=C1OC2CC3CC1C2C3.O=C1OC2CCCC1C2. The minimum absolute atomic E-state index is 0.0463. The number of carbonyl (C=O) groups excluding carboxylic acids is 6. The molecule has 0 spiro atoms. The standard InChI is InChI=1S/C8H10O2.C7H10O2.3C6H10O.C4H6O2.3C2H6/c9-8-6-2-4-1-5(6)7(3-4)10-8;8-7-5-2-1-3-6(4-5)9-7;3*1-4-6(7)5(2)3;5-4-2-1-3-6-4;3*1-2/h4-7H,1-3H2;5-6H,1-4H2;3*2,4H2,1,3H3;1-3H2;3*1-2H3. The van der Waals surface area contributed by atoms with Crippen molar-refractivity contribution in [1.29, 1.82) is 0 Å². The van der Waals surface area contributed by atoms with Gasteiger partial charge in [-0.25, -0.2) is 0 Å². The Bertz CT molecular complexity index is 1060. The van der Waals surface area contributed by atoms with E-state index >= 15 is 0 Å². The highest BCUT2D eigenvalue weighted by atomic mass is 16.6. The molecule has 3 aliphatic heterocycles. The van der Waals surface area contributed by atoms with E-state index in [1.54, 1.807) is 20.8 Å². The van der Waals surface area contributed by atoms with Crippen molar-refractivity contribution >= 4 is 35.3 Å². The normalized spacial score (nSPS) is 23.9. The van der Waals surface area contributed by atoms with Crippen molar-refractivity contribution in [3.63, 3.8) is 0 Å². The maximum absolute atomic E-state index is 11.1. The van der Waals surface area contributed by atoms with Crippen LogP contribution in [-0.2, 0) is 43.0 Å². The number of allylic oxidation sites excluding steroid dienone is 3. The number of hydrogen-bond donors (Lipinski definition) is 0. The highest BCUT2D eigenvalue weighted by Crippen LogP contribution is 2.54. The van der Waals surface area contributed by atoms with Crippen molar-refractivity contribution in [2.75, 3.05) is 6.61 Å². The summed E-state index contributed by atoms with van der Waals surface area (Å²) in [7, 11) is 0. The van der Waals surface area contributed by atoms with Crippen LogP contribution in [0.5, 0.6) is 0 Å². The largest absolute Gasteiger partial charge is 0.466 e. The van der Waals surface area contributed by atoms with Crippen LogP contribution >= 0.6 is 0 Å². The summed E-state index contributed by atoms with van der Waals surface area (Å²) < 4.78 is 14.8. The Hall–Kier alpha value is -3.36. The van der Waals surface area contributed by atoms with E-state index < -0.39 is 0 Å². The summed E-state index contributed by atoms with van der Waals surface area (Å²) in [5.74, 6) is 2.58. The van der Waals surface area contributed by atoms with E-state index in [9.17, 15) is 28.8 Å². The summed E-state index contributed by atoms with van der Waals surface area (Å²) in [5.41, 5.74) is 1.97. The Labute approximate surface area is 316 Å². The molecule has 9 nitrogen and oxygen atoms in total. The third-order valence-electron chi connectivity index (χ3n) is 8.74. The summed E-state index contributed by atoms with van der Waals surface area (Å²) in [6, 6.07) is 0. The molecule has 300 valence electrons. The topological polar surface area (TPSA) is 130 Å². The molecular formula is C43H74O9. The molecule has 6 fully saturated rings. The van der Waals surface area contributed by atoms with Gasteiger partial charge in [0.05, 0.1) is 18.4 Å². The van der Waals surface area contributed by atoms with Gasteiger partial charge in [0.25, 0.3) is 0 Å². The number of carbonyl (C=O) groups is 6.